The van der Waals surface area contributed by atoms with E-state index in [0.29, 0.717) is 39.3 Å². The summed E-state index contributed by atoms with van der Waals surface area (Å²) in [5.41, 5.74) is 0. The number of rotatable bonds is 3. The zero-order chi connectivity index (χ0) is 20.6. The Kier molecular flexibility index (Phi) is 6.16. The van der Waals surface area contributed by atoms with Gasteiger partial charge in [-0.15, -0.1) is 27.2 Å². The van der Waals surface area contributed by atoms with Crippen LogP contribution in [-0.2, 0) is 0 Å². The van der Waals surface area contributed by atoms with Crippen LogP contribution in [0.3, 0.4) is 0 Å². The maximum atomic E-state index is 14.3. The van der Waals surface area contributed by atoms with Crippen molar-refractivity contribution in [1.82, 2.24) is 14.0 Å². The molecule has 0 radical (unpaired) electrons. The molecule has 3 heterocycles. The molecule has 0 aromatic heterocycles. The van der Waals surface area contributed by atoms with Gasteiger partial charge in [-0.1, -0.05) is 0 Å². The molecule has 0 bridgehead atoms. The van der Waals surface area contributed by atoms with Gasteiger partial charge in [0.15, 0.2) is 0 Å². The average molecular weight is 455 g/mol. The summed E-state index contributed by atoms with van der Waals surface area (Å²) in [7, 11) is -14.0. The molecule has 0 spiro atoms. The molecule has 0 aromatic carbocycles. The molecule has 0 saturated carbocycles. The molecule has 3 fully saturated rings. The van der Waals surface area contributed by atoms with Gasteiger partial charge >= 0.3 is 46.6 Å². The molecule has 0 atom stereocenters. The standard InChI is InChI=1S/C13H24F3N3P.F6P/c14-13(15,16)20(17-7-1-2-8-17,18-9-3-4-10-18)19-11-5-6-12-19;1-7(2,3,4,5)6/h1-12H2;/q+1;-1. The van der Waals surface area contributed by atoms with Crippen molar-refractivity contribution >= 4 is 15.5 Å². The molecule has 0 amide bonds. The summed E-state index contributed by atoms with van der Waals surface area (Å²) in [6, 6.07) is 0. The zero-order valence-corrected chi connectivity index (χ0v) is 16.4. The van der Waals surface area contributed by atoms with Crippen LogP contribution >= 0.6 is 15.5 Å². The quantitative estimate of drug-likeness (QED) is 0.337. The Morgan fingerprint density at radius 1 is 0.519 bits per heavy atom. The van der Waals surface area contributed by atoms with Gasteiger partial charge in [0.1, 0.15) is 0 Å². The van der Waals surface area contributed by atoms with E-state index in [0.717, 1.165) is 38.5 Å². The van der Waals surface area contributed by atoms with Crippen LogP contribution in [0.4, 0.5) is 38.4 Å². The Balaban J connectivity index is 0.000000321. The van der Waals surface area contributed by atoms with Gasteiger partial charge in [-0.25, -0.2) is 0 Å². The molecular formula is C13H24F9N3P2. The fourth-order valence-corrected chi connectivity index (χ4v) is 8.51. The molecule has 3 aliphatic rings. The summed E-state index contributed by atoms with van der Waals surface area (Å²) < 4.78 is 107. The summed E-state index contributed by atoms with van der Waals surface area (Å²) in [5, 5.41) is 0. The van der Waals surface area contributed by atoms with Gasteiger partial charge in [-0.2, -0.15) is 0 Å². The monoisotopic (exact) mass is 455 g/mol. The molecular weight excluding hydrogens is 431 g/mol. The van der Waals surface area contributed by atoms with E-state index in [1.54, 1.807) is 0 Å². The van der Waals surface area contributed by atoms with Crippen molar-refractivity contribution in [3.63, 3.8) is 0 Å². The van der Waals surface area contributed by atoms with Gasteiger partial charge in [-0.3, -0.25) is 0 Å². The van der Waals surface area contributed by atoms with Crippen LogP contribution in [-0.4, -0.2) is 59.2 Å². The van der Waals surface area contributed by atoms with Gasteiger partial charge in [0.05, 0.1) is 0 Å². The fourth-order valence-electron chi connectivity index (χ4n) is 3.96. The van der Waals surface area contributed by atoms with Gasteiger partial charge < -0.3 is 0 Å². The van der Waals surface area contributed by atoms with Gasteiger partial charge in [0, 0.05) is 39.3 Å². The summed E-state index contributed by atoms with van der Waals surface area (Å²) in [6.07, 6.45) is 5.50. The van der Waals surface area contributed by atoms with Crippen LogP contribution in [0.25, 0.3) is 0 Å². The first-order chi connectivity index (χ1) is 12.0. The predicted octanol–water partition coefficient (Wildman–Crippen LogP) is 6.94. The van der Waals surface area contributed by atoms with Crippen molar-refractivity contribution in [2.75, 3.05) is 39.3 Å². The number of hydrogen-bond acceptors (Lipinski definition) is 3. The Morgan fingerprint density at radius 3 is 0.852 bits per heavy atom. The Morgan fingerprint density at radius 2 is 0.704 bits per heavy atom. The molecule has 27 heavy (non-hydrogen) atoms. The Labute approximate surface area is 152 Å². The fraction of sp³-hybridized carbons (Fsp3) is 1.00. The number of nitrogens with zero attached hydrogens (tertiary/aromatic N) is 3. The number of hydrogen-bond donors (Lipinski definition) is 0. The Hall–Kier alpha value is 0.110. The van der Waals surface area contributed by atoms with E-state index in [9.17, 15) is 38.4 Å². The van der Waals surface area contributed by atoms with Gasteiger partial charge in [0.2, 0.25) is 0 Å². The third kappa shape index (κ3) is 6.56. The van der Waals surface area contributed by atoms with Gasteiger partial charge in [0.25, 0.3) is 0 Å². The van der Waals surface area contributed by atoms with E-state index >= 15 is 0 Å². The number of halogens is 9. The predicted molar refractivity (Wildman–Crippen MR) is 89.0 cm³/mol. The van der Waals surface area contributed by atoms with E-state index in [1.165, 1.54) is 0 Å². The zero-order valence-electron chi connectivity index (χ0n) is 14.6. The molecule has 164 valence electrons. The van der Waals surface area contributed by atoms with Crippen molar-refractivity contribution in [1.29, 1.82) is 0 Å². The SMILES string of the molecule is FC(F)(F)[P+](N1CCCC1)(N1CCCC1)N1CCCC1.F[P-](F)(F)(F)(F)F. The maximum absolute atomic E-state index is 14.3. The normalized spacial score (nSPS) is 26.6. The number of alkyl halides is 3. The van der Waals surface area contributed by atoms with Crippen LogP contribution in [0.5, 0.6) is 0 Å². The minimum atomic E-state index is -10.7. The summed E-state index contributed by atoms with van der Waals surface area (Å²) in [6.45, 7) is 3.75. The third-order valence-corrected chi connectivity index (χ3v) is 9.02. The van der Waals surface area contributed by atoms with Crippen LogP contribution in [0, 0.1) is 0 Å². The van der Waals surface area contributed by atoms with Crippen molar-refractivity contribution in [3.8, 4) is 0 Å². The molecule has 14 heteroatoms. The van der Waals surface area contributed by atoms with E-state index in [2.05, 4.69) is 0 Å². The molecule has 3 rings (SSSR count). The first-order valence-electron chi connectivity index (χ1n) is 8.80. The first kappa shape index (κ1) is 23.4. The molecule has 0 N–H and O–H groups in total. The average Bonchev–Trinajstić information content (AvgIpc) is 3.19. The summed E-state index contributed by atoms with van der Waals surface area (Å²) in [4.78, 5) is 0. The molecule has 0 aliphatic carbocycles. The molecule has 3 saturated heterocycles. The van der Waals surface area contributed by atoms with E-state index in [4.69, 9.17) is 0 Å². The summed E-state index contributed by atoms with van der Waals surface area (Å²) in [5.74, 6) is -4.11. The molecule has 3 aliphatic heterocycles. The van der Waals surface area contributed by atoms with Crippen LogP contribution < -0.4 is 0 Å². The van der Waals surface area contributed by atoms with Crippen molar-refractivity contribution in [2.24, 2.45) is 0 Å². The second-order valence-corrected chi connectivity index (χ2v) is 12.2. The second kappa shape index (κ2) is 7.11. The van der Waals surface area contributed by atoms with Crippen molar-refractivity contribution in [3.05, 3.63) is 0 Å². The van der Waals surface area contributed by atoms with E-state index in [-0.39, 0.29) is 0 Å². The van der Waals surface area contributed by atoms with Crippen LogP contribution in [0.1, 0.15) is 38.5 Å². The summed E-state index contributed by atoms with van der Waals surface area (Å²) >= 11 is 0. The van der Waals surface area contributed by atoms with Crippen LogP contribution in [0.2, 0.25) is 0 Å². The molecule has 0 aromatic rings. The van der Waals surface area contributed by atoms with Crippen molar-refractivity contribution in [2.45, 2.75) is 44.4 Å². The molecule has 0 unspecified atom stereocenters. The first-order valence-corrected chi connectivity index (χ1v) is 12.5. The Bertz CT molecular complexity index is 452. The van der Waals surface area contributed by atoms with Crippen molar-refractivity contribution < 1.29 is 38.4 Å². The second-order valence-electron chi connectivity index (χ2n) is 6.98. The minimum absolute atomic E-state index is 0.625. The topological polar surface area (TPSA) is 9.72 Å². The molecule has 3 nitrogen and oxygen atoms in total. The van der Waals surface area contributed by atoms with Crippen LogP contribution in [0.15, 0.2) is 0 Å². The van der Waals surface area contributed by atoms with E-state index < -0.39 is 21.4 Å². The van der Waals surface area contributed by atoms with Gasteiger partial charge in [-0.05, 0) is 38.5 Å². The third-order valence-electron chi connectivity index (χ3n) is 4.77. The van der Waals surface area contributed by atoms with E-state index in [1.807, 2.05) is 14.0 Å².